The Morgan fingerprint density at radius 2 is 1.73 bits per heavy atom. The molecule has 1 atom stereocenters. The third kappa shape index (κ3) is 7.24. The Morgan fingerprint density at radius 3 is 2.43 bits per heavy atom. The first-order valence-corrected chi connectivity index (χ1v) is 15.7. The number of nitrogens with zero attached hydrogens (tertiary/aromatic N) is 5. The Kier molecular flexibility index (Phi) is 9.60. The lowest BCUT2D eigenvalue weighted by Crippen LogP contribution is -2.43. The number of piperidine rings is 1. The Morgan fingerprint density at radius 1 is 1.02 bits per heavy atom. The van der Waals surface area contributed by atoms with E-state index in [9.17, 15) is 28.7 Å². The van der Waals surface area contributed by atoms with Crippen molar-refractivity contribution >= 4 is 28.4 Å². The summed E-state index contributed by atoms with van der Waals surface area (Å²) in [6.07, 6.45) is 5.93. The first-order chi connectivity index (χ1) is 23.6. The molecule has 3 N–H and O–H groups in total. The molecule has 1 aliphatic rings. The minimum absolute atomic E-state index is 0.0656. The van der Waals surface area contributed by atoms with Gasteiger partial charge in [0.15, 0.2) is 0 Å². The first kappa shape index (κ1) is 33.2. The molecule has 3 aromatic heterocycles. The predicted molar refractivity (Wildman–Crippen MR) is 180 cm³/mol. The average molecular weight is 668 g/mol. The van der Waals surface area contributed by atoms with Gasteiger partial charge in [-0.05, 0) is 101 Å². The van der Waals surface area contributed by atoms with Crippen LogP contribution in [0.15, 0.2) is 88.8 Å². The molecule has 0 bridgehead atoms. The van der Waals surface area contributed by atoms with E-state index in [1.807, 2.05) is 0 Å². The van der Waals surface area contributed by atoms with Crippen molar-refractivity contribution in [2.75, 3.05) is 32.1 Å². The third-order valence-corrected chi connectivity index (χ3v) is 8.40. The largest absolute Gasteiger partial charge is 0.457 e. The summed E-state index contributed by atoms with van der Waals surface area (Å²) in [7, 11) is 2.06. The minimum atomic E-state index is -0.908. The fraction of sp³-hybridized carbons (Fsp3) is 0.257. The van der Waals surface area contributed by atoms with Gasteiger partial charge in [-0.1, -0.05) is 0 Å². The van der Waals surface area contributed by atoms with Gasteiger partial charge in [-0.15, -0.1) is 0 Å². The van der Waals surface area contributed by atoms with E-state index in [4.69, 9.17) is 4.74 Å². The molecule has 2 amide bonds. The summed E-state index contributed by atoms with van der Waals surface area (Å²) in [6, 6.07) is 13.7. The highest BCUT2D eigenvalue weighted by atomic mass is 19.1. The van der Waals surface area contributed by atoms with Crippen LogP contribution in [-0.2, 0) is 0 Å². The van der Waals surface area contributed by atoms with Crippen LogP contribution in [0, 0.1) is 5.82 Å². The zero-order valence-electron chi connectivity index (χ0n) is 26.8. The molecule has 4 heterocycles. The second kappa shape index (κ2) is 14.2. The van der Waals surface area contributed by atoms with Crippen LogP contribution >= 0.6 is 0 Å². The number of anilines is 1. The number of aliphatic hydroxyl groups is 1. The highest BCUT2D eigenvalue weighted by Crippen LogP contribution is 2.30. The molecule has 49 heavy (non-hydrogen) atoms. The van der Waals surface area contributed by atoms with Gasteiger partial charge < -0.3 is 25.4 Å². The molecule has 6 rings (SSSR count). The molecule has 252 valence electrons. The van der Waals surface area contributed by atoms with Gasteiger partial charge >= 0.3 is 5.69 Å². The van der Waals surface area contributed by atoms with Gasteiger partial charge in [0.2, 0.25) is 0 Å². The standard InChI is InChI=1S/C35H34FN7O6/c1-21(20-44)42-19-28(34(47)43(35(42)48)25-7-3-22(36)4-8-25)32(45)39-23-5-9-26(10-6-23)49-31-11-14-37-30-18-38-29(17-27(30)31)33(46)40-24-12-15-41(2)16-13-24/h3-11,14,17-19,21,24,44H,12-13,15-16,20H2,1-2H3,(H,39,45)(H,40,46). The van der Waals surface area contributed by atoms with Crippen molar-refractivity contribution < 1.29 is 23.8 Å². The van der Waals surface area contributed by atoms with Crippen LogP contribution in [-0.4, -0.2) is 73.7 Å². The number of pyridine rings is 2. The van der Waals surface area contributed by atoms with Crippen LogP contribution < -0.4 is 26.6 Å². The number of aromatic nitrogens is 4. The molecule has 13 nitrogen and oxygen atoms in total. The van der Waals surface area contributed by atoms with Crippen LogP contribution in [0.3, 0.4) is 0 Å². The zero-order valence-corrected chi connectivity index (χ0v) is 26.8. The van der Waals surface area contributed by atoms with E-state index in [0.717, 1.165) is 53.4 Å². The van der Waals surface area contributed by atoms with Crippen molar-refractivity contribution in [2.45, 2.75) is 31.8 Å². The number of halogens is 1. The van der Waals surface area contributed by atoms with Crippen molar-refractivity contribution in [3.63, 3.8) is 0 Å². The van der Waals surface area contributed by atoms with E-state index in [1.165, 1.54) is 18.3 Å². The summed E-state index contributed by atoms with van der Waals surface area (Å²) >= 11 is 0. The number of ether oxygens (including phenoxy) is 1. The SMILES string of the molecule is CC(CO)n1cc(C(=O)Nc2ccc(Oc3ccnc4cnc(C(=O)NC5CCN(C)CC5)cc34)cc2)c(=O)n(-c2ccc(F)cc2)c1=O. The van der Waals surface area contributed by atoms with Crippen molar-refractivity contribution in [1.82, 2.24) is 29.3 Å². The first-order valence-electron chi connectivity index (χ1n) is 15.7. The number of carbonyl (C=O) groups excluding carboxylic acids is 2. The van der Waals surface area contributed by atoms with Crippen molar-refractivity contribution in [1.29, 1.82) is 0 Å². The molecule has 1 unspecified atom stereocenters. The molecular formula is C35H34FN7O6. The van der Waals surface area contributed by atoms with Crippen LogP contribution in [0.2, 0.25) is 0 Å². The molecule has 1 fully saturated rings. The van der Waals surface area contributed by atoms with Crippen molar-refractivity contribution in [2.24, 2.45) is 0 Å². The van der Waals surface area contributed by atoms with Gasteiger partial charge in [0.05, 0.1) is 30.0 Å². The number of likely N-dealkylation sites (tertiary alicyclic amines) is 1. The lowest BCUT2D eigenvalue weighted by molar-refractivity contribution is 0.0911. The van der Waals surface area contributed by atoms with Crippen LogP contribution in [0.4, 0.5) is 10.1 Å². The Labute approximate surface area is 279 Å². The lowest BCUT2D eigenvalue weighted by atomic mass is 10.1. The maximum absolute atomic E-state index is 13.6. The second-order valence-electron chi connectivity index (χ2n) is 11.9. The number of fused-ring (bicyclic) bond motifs is 1. The number of nitrogens with one attached hydrogen (secondary N) is 2. The van der Waals surface area contributed by atoms with Crippen LogP contribution in [0.25, 0.3) is 16.6 Å². The number of hydrogen-bond acceptors (Lipinski definition) is 9. The number of hydrogen-bond donors (Lipinski definition) is 3. The fourth-order valence-electron chi connectivity index (χ4n) is 5.53. The molecule has 0 spiro atoms. The molecule has 14 heteroatoms. The molecule has 2 aromatic carbocycles. The van der Waals surface area contributed by atoms with Gasteiger partial charge in [0.1, 0.15) is 28.6 Å². The van der Waals surface area contributed by atoms with E-state index >= 15 is 0 Å². The van der Waals surface area contributed by atoms with Gasteiger partial charge in [-0.3, -0.25) is 23.9 Å². The lowest BCUT2D eigenvalue weighted by Gasteiger charge is -2.29. The normalized spacial score (nSPS) is 14.4. The maximum atomic E-state index is 13.6. The summed E-state index contributed by atoms with van der Waals surface area (Å²) in [4.78, 5) is 63.8. The van der Waals surface area contributed by atoms with Gasteiger partial charge in [0, 0.05) is 29.5 Å². The molecule has 0 saturated carbocycles. The molecule has 5 aromatic rings. The van der Waals surface area contributed by atoms with E-state index < -0.39 is 35.6 Å². The van der Waals surface area contributed by atoms with E-state index in [0.29, 0.717) is 28.1 Å². The van der Waals surface area contributed by atoms with Crippen molar-refractivity contribution in [3.05, 3.63) is 117 Å². The van der Waals surface area contributed by atoms with Crippen molar-refractivity contribution in [3.8, 4) is 17.2 Å². The van der Waals surface area contributed by atoms with Gasteiger partial charge in [-0.25, -0.2) is 18.7 Å². The summed E-state index contributed by atoms with van der Waals surface area (Å²) in [5.41, 5.74) is -0.877. The smallest absolute Gasteiger partial charge is 0.335 e. The van der Waals surface area contributed by atoms with Gasteiger partial charge in [-0.2, -0.15) is 0 Å². The van der Waals surface area contributed by atoms with Crippen LogP contribution in [0.1, 0.15) is 46.7 Å². The van der Waals surface area contributed by atoms with Gasteiger partial charge in [0.25, 0.3) is 17.4 Å². The Hall–Kier alpha value is -5.73. The zero-order chi connectivity index (χ0) is 34.7. The highest BCUT2D eigenvalue weighted by Gasteiger charge is 2.22. The highest BCUT2D eigenvalue weighted by molar-refractivity contribution is 6.04. The average Bonchev–Trinajstić information content (AvgIpc) is 3.10. The summed E-state index contributed by atoms with van der Waals surface area (Å²) in [5.74, 6) is -0.765. The number of benzene rings is 2. The number of amides is 2. The number of aliphatic hydroxyl groups excluding tert-OH is 1. The number of carbonyl (C=O) groups is 2. The third-order valence-electron chi connectivity index (χ3n) is 8.40. The quantitative estimate of drug-likeness (QED) is 0.214. The second-order valence-corrected chi connectivity index (χ2v) is 11.9. The molecular weight excluding hydrogens is 633 g/mol. The van der Waals surface area contributed by atoms with E-state index in [-0.39, 0.29) is 28.9 Å². The van der Waals surface area contributed by atoms with Crippen LogP contribution in [0.5, 0.6) is 11.5 Å². The Balaban J connectivity index is 1.21. The number of rotatable bonds is 9. The molecule has 0 aliphatic carbocycles. The monoisotopic (exact) mass is 667 g/mol. The fourth-order valence-corrected chi connectivity index (χ4v) is 5.53. The maximum Gasteiger partial charge on any atom is 0.335 e. The minimum Gasteiger partial charge on any atom is -0.457 e. The predicted octanol–water partition coefficient (Wildman–Crippen LogP) is 3.50. The summed E-state index contributed by atoms with van der Waals surface area (Å²) < 4.78 is 21.5. The Bertz CT molecular complexity index is 2120. The molecule has 1 saturated heterocycles. The molecule has 0 radical (unpaired) electrons. The van der Waals surface area contributed by atoms with E-state index in [1.54, 1.807) is 49.5 Å². The molecule has 1 aliphatic heterocycles. The topological polar surface area (TPSA) is 161 Å². The van der Waals surface area contributed by atoms with E-state index in [2.05, 4.69) is 32.5 Å². The summed E-state index contributed by atoms with van der Waals surface area (Å²) in [6.45, 7) is 2.95. The summed E-state index contributed by atoms with van der Waals surface area (Å²) in [5, 5.41) is 16.0.